The van der Waals surface area contributed by atoms with Crippen molar-refractivity contribution in [3.05, 3.63) is 56.9 Å². The van der Waals surface area contributed by atoms with Crippen molar-refractivity contribution in [2.45, 2.75) is 26.7 Å². The number of amides is 1. The summed E-state index contributed by atoms with van der Waals surface area (Å²) in [5.74, 6) is 1.12. The van der Waals surface area contributed by atoms with Gasteiger partial charge in [-0.3, -0.25) is 9.69 Å². The van der Waals surface area contributed by atoms with E-state index in [1.165, 1.54) is 16.7 Å². The molecule has 2 aromatic carbocycles. The lowest BCUT2D eigenvalue weighted by Gasteiger charge is -2.16. The lowest BCUT2D eigenvalue weighted by atomic mass is 10.1. The van der Waals surface area contributed by atoms with Crippen LogP contribution in [0.1, 0.15) is 32.3 Å². The van der Waals surface area contributed by atoms with Crippen LogP contribution in [-0.4, -0.2) is 23.4 Å². The van der Waals surface area contributed by atoms with Crippen molar-refractivity contribution in [2.75, 3.05) is 18.1 Å². The molecule has 0 aliphatic carbocycles. The Morgan fingerprint density at radius 2 is 1.90 bits per heavy atom. The molecule has 8 heteroatoms. The first kappa shape index (κ1) is 22.9. The fraction of sp³-hybridized carbons (Fsp3) is 0.273. The third kappa shape index (κ3) is 5.30. The van der Waals surface area contributed by atoms with Crippen LogP contribution in [0.15, 0.2) is 41.3 Å². The Morgan fingerprint density at radius 3 is 2.60 bits per heavy atom. The van der Waals surface area contributed by atoms with Crippen LogP contribution in [0.3, 0.4) is 0 Å². The molecule has 2 aromatic rings. The van der Waals surface area contributed by atoms with Crippen LogP contribution >= 0.6 is 47.2 Å². The molecule has 1 fully saturated rings. The summed E-state index contributed by atoms with van der Waals surface area (Å²) < 4.78 is 12.0. The minimum Gasteiger partial charge on any atom is -0.490 e. The van der Waals surface area contributed by atoms with Crippen molar-refractivity contribution in [1.82, 2.24) is 0 Å². The normalized spacial score (nSPS) is 15.2. The van der Waals surface area contributed by atoms with E-state index < -0.39 is 0 Å². The Kier molecular flexibility index (Phi) is 8.06. The van der Waals surface area contributed by atoms with E-state index in [0.29, 0.717) is 49.7 Å². The molecule has 30 heavy (non-hydrogen) atoms. The number of hydrogen-bond acceptors (Lipinski definition) is 5. The first-order valence-corrected chi connectivity index (χ1v) is 11.5. The highest BCUT2D eigenvalue weighted by molar-refractivity contribution is 8.27. The predicted octanol–water partition coefficient (Wildman–Crippen LogP) is 6.98. The summed E-state index contributed by atoms with van der Waals surface area (Å²) in [7, 11) is 0. The van der Waals surface area contributed by atoms with Gasteiger partial charge in [-0.05, 0) is 55.3 Å². The maximum absolute atomic E-state index is 13.0. The van der Waals surface area contributed by atoms with E-state index in [0.717, 1.165) is 18.4 Å². The molecule has 1 amide bonds. The van der Waals surface area contributed by atoms with Gasteiger partial charge in [-0.25, -0.2) is 0 Å². The summed E-state index contributed by atoms with van der Waals surface area (Å²) in [6.45, 7) is 5.19. The number of carbonyl (C=O) groups is 1. The van der Waals surface area contributed by atoms with E-state index in [4.69, 9.17) is 44.9 Å². The van der Waals surface area contributed by atoms with Crippen molar-refractivity contribution < 1.29 is 14.3 Å². The average molecular weight is 482 g/mol. The van der Waals surface area contributed by atoms with Crippen molar-refractivity contribution in [3.63, 3.8) is 0 Å². The lowest BCUT2D eigenvalue weighted by Crippen LogP contribution is -2.27. The standard InChI is InChI=1S/C22H21Cl2NO3S2/c1-3-5-10-28-18-9-6-14(11-19(18)27-4-2)12-20-21(26)25(22(29)30-20)17-8-7-15(23)13-16(17)24/h6-9,11-13H,3-5,10H2,1-2H3/b20-12+. The molecular formula is C22H21Cl2NO3S2. The summed E-state index contributed by atoms with van der Waals surface area (Å²) in [6, 6.07) is 10.6. The van der Waals surface area contributed by atoms with E-state index >= 15 is 0 Å². The fourth-order valence-electron chi connectivity index (χ4n) is 2.82. The van der Waals surface area contributed by atoms with Gasteiger partial charge in [0.25, 0.3) is 5.91 Å². The van der Waals surface area contributed by atoms with Gasteiger partial charge in [-0.15, -0.1) is 0 Å². The monoisotopic (exact) mass is 481 g/mol. The second-order valence-electron chi connectivity index (χ2n) is 6.45. The number of rotatable bonds is 8. The second kappa shape index (κ2) is 10.5. The second-order valence-corrected chi connectivity index (χ2v) is 8.97. The van der Waals surface area contributed by atoms with Crippen molar-refractivity contribution in [3.8, 4) is 11.5 Å². The number of halogens is 2. The third-order valence-electron chi connectivity index (χ3n) is 4.27. The molecule has 1 heterocycles. The third-order valence-corrected chi connectivity index (χ3v) is 6.11. The Hall–Kier alpha value is -1.73. The van der Waals surface area contributed by atoms with Gasteiger partial charge < -0.3 is 9.47 Å². The molecule has 0 atom stereocenters. The molecule has 0 unspecified atom stereocenters. The molecule has 0 radical (unpaired) electrons. The molecular weight excluding hydrogens is 461 g/mol. The van der Waals surface area contributed by atoms with E-state index in [1.807, 2.05) is 25.1 Å². The fourth-order valence-corrected chi connectivity index (χ4v) is 4.60. The van der Waals surface area contributed by atoms with Crippen LogP contribution in [0, 0.1) is 0 Å². The molecule has 0 bridgehead atoms. The van der Waals surface area contributed by atoms with Crippen LogP contribution in [0.2, 0.25) is 10.0 Å². The van der Waals surface area contributed by atoms with Crippen LogP contribution in [0.5, 0.6) is 11.5 Å². The quantitative estimate of drug-likeness (QED) is 0.231. The molecule has 158 valence electrons. The van der Waals surface area contributed by atoms with Crippen molar-refractivity contribution in [1.29, 1.82) is 0 Å². The van der Waals surface area contributed by atoms with Gasteiger partial charge in [-0.1, -0.05) is 66.6 Å². The number of benzene rings is 2. The highest BCUT2D eigenvalue weighted by atomic mass is 35.5. The van der Waals surface area contributed by atoms with Gasteiger partial charge in [-0.2, -0.15) is 0 Å². The number of ether oxygens (including phenoxy) is 2. The number of unbranched alkanes of at least 4 members (excludes halogenated alkanes) is 1. The summed E-state index contributed by atoms with van der Waals surface area (Å²) in [4.78, 5) is 14.9. The van der Waals surface area contributed by atoms with E-state index in [-0.39, 0.29) is 5.91 Å². The van der Waals surface area contributed by atoms with Crippen LogP contribution in [0.4, 0.5) is 5.69 Å². The number of anilines is 1. The zero-order valence-corrected chi connectivity index (χ0v) is 19.8. The SMILES string of the molecule is CCCCOc1ccc(/C=C2/SC(=S)N(c3ccc(Cl)cc3Cl)C2=O)cc1OCC. The number of nitrogens with zero attached hydrogens (tertiary/aromatic N) is 1. The topological polar surface area (TPSA) is 38.8 Å². The predicted molar refractivity (Wildman–Crippen MR) is 130 cm³/mol. The summed E-state index contributed by atoms with van der Waals surface area (Å²) in [6.07, 6.45) is 3.83. The van der Waals surface area contributed by atoms with E-state index in [2.05, 4.69) is 6.92 Å². The largest absolute Gasteiger partial charge is 0.490 e. The van der Waals surface area contributed by atoms with E-state index in [1.54, 1.807) is 24.3 Å². The maximum atomic E-state index is 13.0. The van der Waals surface area contributed by atoms with Crippen LogP contribution < -0.4 is 14.4 Å². The maximum Gasteiger partial charge on any atom is 0.270 e. The van der Waals surface area contributed by atoms with Gasteiger partial charge >= 0.3 is 0 Å². The summed E-state index contributed by atoms with van der Waals surface area (Å²) >= 11 is 18.9. The first-order valence-electron chi connectivity index (χ1n) is 9.57. The number of hydrogen-bond donors (Lipinski definition) is 0. The average Bonchev–Trinajstić information content (AvgIpc) is 2.97. The van der Waals surface area contributed by atoms with Gasteiger partial charge in [0.2, 0.25) is 0 Å². The number of thioether (sulfide) groups is 1. The van der Waals surface area contributed by atoms with Crippen LogP contribution in [0.25, 0.3) is 6.08 Å². The molecule has 3 rings (SSSR count). The Labute approximate surface area is 196 Å². The Morgan fingerprint density at radius 1 is 1.10 bits per heavy atom. The summed E-state index contributed by atoms with van der Waals surface area (Å²) in [5, 5.41) is 0.863. The Balaban J connectivity index is 1.86. The minimum atomic E-state index is -0.226. The molecule has 0 saturated carbocycles. The zero-order chi connectivity index (χ0) is 21.7. The molecule has 4 nitrogen and oxygen atoms in total. The van der Waals surface area contributed by atoms with Crippen molar-refractivity contribution in [2.24, 2.45) is 0 Å². The highest BCUT2D eigenvalue weighted by Crippen LogP contribution is 2.40. The minimum absolute atomic E-state index is 0.226. The zero-order valence-electron chi connectivity index (χ0n) is 16.6. The van der Waals surface area contributed by atoms with Gasteiger partial charge in [0, 0.05) is 5.02 Å². The van der Waals surface area contributed by atoms with Gasteiger partial charge in [0.05, 0.1) is 28.8 Å². The highest BCUT2D eigenvalue weighted by Gasteiger charge is 2.34. The molecule has 0 N–H and O–H groups in total. The van der Waals surface area contributed by atoms with Crippen molar-refractivity contribution >= 4 is 69.2 Å². The number of thiocarbonyl (C=S) groups is 1. The molecule has 1 aliphatic heterocycles. The molecule has 1 aliphatic rings. The first-order chi connectivity index (χ1) is 14.4. The van der Waals surface area contributed by atoms with Gasteiger partial charge in [0.15, 0.2) is 15.8 Å². The molecule has 0 aromatic heterocycles. The molecule has 1 saturated heterocycles. The Bertz CT molecular complexity index is 994. The van der Waals surface area contributed by atoms with Crippen LogP contribution in [-0.2, 0) is 4.79 Å². The smallest absolute Gasteiger partial charge is 0.270 e. The van der Waals surface area contributed by atoms with E-state index in [9.17, 15) is 4.79 Å². The summed E-state index contributed by atoms with van der Waals surface area (Å²) in [5.41, 5.74) is 1.34. The van der Waals surface area contributed by atoms with Gasteiger partial charge in [0.1, 0.15) is 0 Å². The molecule has 0 spiro atoms. The number of carbonyl (C=O) groups excluding carboxylic acids is 1. The lowest BCUT2D eigenvalue weighted by molar-refractivity contribution is -0.113.